The summed E-state index contributed by atoms with van der Waals surface area (Å²) in [4.78, 5) is 2.79. The van der Waals surface area contributed by atoms with Crippen molar-refractivity contribution < 1.29 is 0 Å². The van der Waals surface area contributed by atoms with E-state index in [0.29, 0.717) is 0 Å². The number of rotatable bonds is 5. The van der Waals surface area contributed by atoms with Crippen LogP contribution in [-0.4, -0.2) is 37.1 Å². The van der Waals surface area contributed by atoms with Crippen LogP contribution in [0.25, 0.3) is 0 Å². The van der Waals surface area contributed by atoms with Gasteiger partial charge in [0, 0.05) is 19.1 Å². The van der Waals surface area contributed by atoms with Gasteiger partial charge < -0.3 is 10.2 Å². The van der Waals surface area contributed by atoms with Crippen LogP contribution in [-0.2, 0) is 0 Å². The Balaban J connectivity index is 1.57. The van der Waals surface area contributed by atoms with Gasteiger partial charge in [0.15, 0.2) is 0 Å². The number of hydrogen-bond acceptors (Lipinski definition) is 2. The van der Waals surface area contributed by atoms with Crippen molar-refractivity contribution in [2.75, 3.05) is 26.2 Å². The van der Waals surface area contributed by atoms with Gasteiger partial charge in [-0.05, 0) is 62.4 Å². The summed E-state index contributed by atoms with van der Waals surface area (Å²) in [5.41, 5.74) is 0.782. The van der Waals surface area contributed by atoms with E-state index in [1.165, 1.54) is 64.7 Å². The van der Waals surface area contributed by atoms with Crippen LogP contribution in [0.15, 0.2) is 0 Å². The third kappa shape index (κ3) is 2.75. The van der Waals surface area contributed by atoms with E-state index in [2.05, 4.69) is 24.1 Å². The van der Waals surface area contributed by atoms with Crippen LogP contribution in [0.1, 0.15) is 52.4 Å². The zero-order chi connectivity index (χ0) is 12.6. The molecule has 3 rings (SSSR count). The van der Waals surface area contributed by atoms with Gasteiger partial charge in [0.2, 0.25) is 0 Å². The first-order valence-electron chi connectivity index (χ1n) is 8.19. The van der Waals surface area contributed by atoms with Gasteiger partial charge in [-0.25, -0.2) is 0 Å². The van der Waals surface area contributed by atoms with Crippen LogP contribution in [0.3, 0.4) is 0 Å². The lowest BCUT2D eigenvalue weighted by atomic mass is 9.96. The molecule has 1 aliphatic heterocycles. The molecule has 0 aromatic rings. The molecule has 0 aromatic carbocycles. The average molecular weight is 250 g/mol. The van der Waals surface area contributed by atoms with E-state index in [1.54, 1.807) is 0 Å². The zero-order valence-corrected chi connectivity index (χ0v) is 12.3. The highest BCUT2D eigenvalue weighted by molar-refractivity contribution is 5.05. The minimum atomic E-state index is 0.729. The first kappa shape index (κ1) is 12.9. The van der Waals surface area contributed by atoms with Crippen molar-refractivity contribution >= 4 is 0 Å². The highest BCUT2D eigenvalue weighted by Crippen LogP contribution is 2.61. The summed E-state index contributed by atoms with van der Waals surface area (Å²) < 4.78 is 0. The third-order valence-electron chi connectivity index (χ3n) is 5.72. The molecular weight excluding hydrogens is 220 g/mol. The summed E-state index contributed by atoms with van der Waals surface area (Å²) in [6.07, 6.45) is 8.75. The maximum absolute atomic E-state index is 3.77. The molecule has 0 amide bonds. The maximum Gasteiger partial charge on any atom is 0.0220 e. The zero-order valence-electron chi connectivity index (χ0n) is 12.3. The largest absolute Gasteiger partial charge is 0.312 e. The highest BCUT2D eigenvalue weighted by Gasteiger charge is 2.54. The quantitative estimate of drug-likeness (QED) is 0.807. The SMILES string of the molecule is CCC(C)C1CN(CC2(C3CC3)CC2)CCCN1. The molecule has 0 aromatic heterocycles. The van der Waals surface area contributed by atoms with Gasteiger partial charge in [-0.15, -0.1) is 0 Å². The summed E-state index contributed by atoms with van der Waals surface area (Å²) >= 11 is 0. The molecule has 2 atom stereocenters. The Hall–Kier alpha value is -0.0800. The number of nitrogens with zero attached hydrogens (tertiary/aromatic N) is 1. The van der Waals surface area contributed by atoms with E-state index in [-0.39, 0.29) is 0 Å². The molecule has 2 heteroatoms. The van der Waals surface area contributed by atoms with E-state index in [9.17, 15) is 0 Å². The molecule has 1 N–H and O–H groups in total. The predicted molar refractivity (Wildman–Crippen MR) is 76.7 cm³/mol. The van der Waals surface area contributed by atoms with Crippen molar-refractivity contribution in [1.29, 1.82) is 0 Å². The van der Waals surface area contributed by atoms with Crippen molar-refractivity contribution in [2.24, 2.45) is 17.3 Å². The fraction of sp³-hybridized carbons (Fsp3) is 1.00. The lowest BCUT2D eigenvalue weighted by Crippen LogP contribution is -2.43. The topological polar surface area (TPSA) is 15.3 Å². The Labute approximate surface area is 113 Å². The van der Waals surface area contributed by atoms with Gasteiger partial charge >= 0.3 is 0 Å². The van der Waals surface area contributed by atoms with Gasteiger partial charge in [0.1, 0.15) is 0 Å². The van der Waals surface area contributed by atoms with Crippen molar-refractivity contribution in [3.05, 3.63) is 0 Å². The third-order valence-corrected chi connectivity index (χ3v) is 5.72. The van der Waals surface area contributed by atoms with Gasteiger partial charge in [0.05, 0.1) is 0 Å². The standard InChI is InChI=1S/C16H30N2/c1-3-13(2)15-11-18(10-4-9-17-15)12-16(7-8-16)14-5-6-14/h13-15,17H,3-12H2,1-2H3. The molecule has 0 radical (unpaired) electrons. The molecule has 1 saturated heterocycles. The van der Waals surface area contributed by atoms with Crippen molar-refractivity contribution in [3.8, 4) is 0 Å². The molecule has 18 heavy (non-hydrogen) atoms. The molecular formula is C16H30N2. The lowest BCUT2D eigenvalue weighted by molar-refractivity contribution is 0.186. The second-order valence-electron chi connectivity index (χ2n) is 7.17. The monoisotopic (exact) mass is 250 g/mol. The fourth-order valence-corrected chi connectivity index (χ4v) is 3.83. The van der Waals surface area contributed by atoms with Crippen molar-refractivity contribution in [3.63, 3.8) is 0 Å². The van der Waals surface area contributed by atoms with Gasteiger partial charge in [-0.2, -0.15) is 0 Å². The number of hydrogen-bond donors (Lipinski definition) is 1. The minimum Gasteiger partial charge on any atom is -0.312 e. The first-order chi connectivity index (χ1) is 8.73. The fourth-order valence-electron chi connectivity index (χ4n) is 3.83. The predicted octanol–water partition coefficient (Wildman–Crippen LogP) is 2.89. The van der Waals surface area contributed by atoms with E-state index < -0.39 is 0 Å². The summed E-state index contributed by atoms with van der Waals surface area (Å²) in [6, 6.07) is 0.729. The molecule has 2 unspecified atom stereocenters. The molecule has 3 aliphatic rings. The first-order valence-corrected chi connectivity index (χ1v) is 8.19. The number of nitrogens with one attached hydrogen (secondary N) is 1. The maximum atomic E-state index is 3.77. The normalized spacial score (nSPS) is 34.0. The average Bonchev–Trinajstić information content (AvgIpc) is 3.21. The molecule has 0 spiro atoms. The molecule has 0 bridgehead atoms. The summed E-state index contributed by atoms with van der Waals surface area (Å²) in [5.74, 6) is 1.93. The highest BCUT2D eigenvalue weighted by atomic mass is 15.2. The smallest absolute Gasteiger partial charge is 0.0220 e. The second-order valence-corrected chi connectivity index (χ2v) is 7.17. The van der Waals surface area contributed by atoms with Gasteiger partial charge in [-0.1, -0.05) is 20.3 Å². The Morgan fingerprint density at radius 1 is 1.33 bits per heavy atom. The van der Waals surface area contributed by atoms with Gasteiger partial charge in [-0.3, -0.25) is 0 Å². The summed E-state index contributed by atoms with van der Waals surface area (Å²) in [5, 5.41) is 3.77. The Bertz CT molecular complexity index is 281. The summed E-state index contributed by atoms with van der Waals surface area (Å²) in [6.45, 7) is 10.00. The molecule has 2 nitrogen and oxygen atoms in total. The van der Waals surface area contributed by atoms with E-state index in [1.807, 2.05) is 0 Å². The van der Waals surface area contributed by atoms with Crippen LogP contribution >= 0.6 is 0 Å². The molecule has 2 saturated carbocycles. The Morgan fingerprint density at radius 3 is 2.72 bits per heavy atom. The van der Waals surface area contributed by atoms with E-state index >= 15 is 0 Å². The summed E-state index contributed by atoms with van der Waals surface area (Å²) in [7, 11) is 0. The van der Waals surface area contributed by atoms with Gasteiger partial charge in [0.25, 0.3) is 0 Å². The molecule has 104 valence electrons. The van der Waals surface area contributed by atoms with Crippen LogP contribution < -0.4 is 5.32 Å². The van der Waals surface area contributed by atoms with Crippen LogP contribution in [0.4, 0.5) is 0 Å². The van der Waals surface area contributed by atoms with Crippen LogP contribution in [0.5, 0.6) is 0 Å². The Kier molecular flexibility index (Phi) is 3.68. The van der Waals surface area contributed by atoms with E-state index in [4.69, 9.17) is 0 Å². The second kappa shape index (κ2) is 5.13. The van der Waals surface area contributed by atoms with Crippen molar-refractivity contribution in [1.82, 2.24) is 10.2 Å². The molecule has 3 fully saturated rings. The van der Waals surface area contributed by atoms with E-state index in [0.717, 1.165) is 23.3 Å². The molecule has 2 aliphatic carbocycles. The Morgan fingerprint density at radius 2 is 2.11 bits per heavy atom. The van der Waals surface area contributed by atoms with Crippen molar-refractivity contribution in [2.45, 2.75) is 58.4 Å². The van der Waals surface area contributed by atoms with Crippen LogP contribution in [0.2, 0.25) is 0 Å². The van der Waals surface area contributed by atoms with Crippen LogP contribution in [0, 0.1) is 17.3 Å². The lowest BCUT2D eigenvalue weighted by Gasteiger charge is -2.31. The minimum absolute atomic E-state index is 0.729. The molecule has 1 heterocycles.